The van der Waals surface area contributed by atoms with Gasteiger partial charge >= 0.3 is 0 Å². The van der Waals surface area contributed by atoms with E-state index in [1.807, 2.05) is 18.2 Å². The molecule has 5 nitrogen and oxygen atoms in total. The minimum atomic E-state index is -3.56. The number of H-pyrrole nitrogens is 1. The Bertz CT molecular complexity index is 1030. The Hall–Kier alpha value is -2.15. The Morgan fingerprint density at radius 2 is 1.75 bits per heavy atom. The lowest BCUT2D eigenvalue weighted by molar-refractivity contribution is 0.580. The van der Waals surface area contributed by atoms with Crippen molar-refractivity contribution in [3.05, 3.63) is 81.1 Å². The molecule has 0 radical (unpaired) electrons. The predicted molar refractivity (Wildman–Crippen MR) is 95.5 cm³/mol. The molecule has 1 heterocycles. The van der Waals surface area contributed by atoms with E-state index in [1.54, 1.807) is 36.4 Å². The molecule has 2 aromatic carbocycles. The van der Waals surface area contributed by atoms with E-state index in [0.29, 0.717) is 16.1 Å². The maximum Gasteiger partial charge on any atom is 0.252 e. The van der Waals surface area contributed by atoms with Crippen LogP contribution in [0.15, 0.2) is 59.4 Å². The van der Waals surface area contributed by atoms with Crippen LogP contribution in [-0.2, 0) is 22.3 Å². The Balaban J connectivity index is 1.75. The van der Waals surface area contributed by atoms with Gasteiger partial charge < -0.3 is 4.98 Å². The lowest BCUT2D eigenvalue weighted by atomic mass is 10.1. The van der Waals surface area contributed by atoms with Gasteiger partial charge in [-0.05, 0) is 35.2 Å². The zero-order valence-corrected chi connectivity index (χ0v) is 14.2. The number of nitrogens with one attached hydrogen (secondary N) is 2. The summed E-state index contributed by atoms with van der Waals surface area (Å²) >= 11 is 5.79. The highest BCUT2D eigenvalue weighted by Crippen LogP contribution is 2.13. The minimum Gasteiger partial charge on any atom is -0.322 e. The van der Waals surface area contributed by atoms with E-state index in [-0.39, 0.29) is 17.9 Å². The molecule has 24 heavy (non-hydrogen) atoms. The fourth-order valence-electron chi connectivity index (χ4n) is 2.36. The van der Waals surface area contributed by atoms with Gasteiger partial charge in [-0.2, -0.15) is 0 Å². The van der Waals surface area contributed by atoms with Gasteiger partial charge in [0, 0.05) is 22.6 Å². The molecule has 0 amide bonds. The smallest absolute Gasteiger partial charge is 0.252 e. The zero-order valence-electron chi connectivity index (χ0n) is 12.6. The number of hydrogen-bond acceptors (Lipinski definition) is 3. The molecule has 3 aromatic rings. The van der Waals surface area contributed by atoms with Crippen molar-refractivity contribution in [2.45, 2.75) is 12.3 Å². The van der Waals surface area contributed by atoms with Crippen molar-refractivity contribution in [3.8, 4) is 0 Å². The van der Waals surface area contributed by atoms with Crippen LogP contribution in [0, 0.1) is 0 Å². The first-order chi connectivity index (χ1) is 11.4. The quantitative estimate of drug-likeness (QED) is 0.732. The maximum absolute atomic E-state index is 12.2. The van der Waals surface area contributed by atoms with Crippen molar-refractivity contribution in [1.29, 1.82) is 0 Å². The van der Waals surface area contributed by atoms with Crippen molar-refractivity contribution in [3.63, 3.8) is 0 Å². The van der Waals surface area contributed by atoms with Gasteiger partial charge in [0.2, 0.25) is 10.0 Å². The Morgan fingerprint density at radius 3 is 2.50 bits per heavy atom. The van der Waals surface area contributed by atoms with Gasteiger partial charge in [-0.3, -0.25) is 4.79 Å². The monoisotopic (exact) mass is 362 g/mol. The second kappa shape index (κ2) is 6.76. The highest BCUT2D eigenvalue weighted by Gasteiger charge is 2.13. The number of para-hydroxylation sites is 1. The van der Waals surface area contributed by atoms with E-state index in [9.17, 15) is 13.2 Å². The molecule has 0 spiro atoms. The van der Waals surface area contributed by atoms with Crippen molar-refractivity contribution in [2.75, 3.05) is 0 Å². The van der Waals surface area contributed by atoms with Crippen molar-refractivity contribution in [1.82, 2.24) is 9.71 Å². The predicted octanol–water partition coefficient (Wildman–Crippen LogP) is 2.80. The van der Waals surface area contributed by atoms with Crippen LogP contribution >= 0.6 is 11.6 Å². The summed E-state index contributed by atoms with van der Waals surface area (Å²) in [6.45, 7) is -0.0594. The molecule has 0 atom stereocenters. The molecule has 2 N–H and O–H groups in total. The van der Waals surface area contributed by atoms with E-state index in [0.717, 1.165) is 10.9 Å². The van der Waals surface area contributed by atoms with Gasteiger partial charge in [-0.1, -0.05) is 41.9 Å². The van der Waals surface area contributed by atoms with Crippen LogP contribution in [-0.4, -0.2) is 13.4 Å². The van der Waals surface area contributed by atoms with Crippen molar-refractivity contribution < 1.29 is 8.42 Å². The van der Waals surface area contributed by atoms with E-state index < -0.39 is 10.0 Å². The fourth-order valence-corrected chi connectivity index (χ4v) is 3.60. The number of pyridine rings is 1. The molecule has 0 saturated carbocycles. The fraction of sp³-hybridized carbons (Fsp3) is 0.118. The van der Waals surface area contributed by atoms with Gasteiger partial charge in [-0.15, -0.1) is 0 Å². The Kier molecular flexibility index (Phi) is 4.71. The molecular formula is C17H15ClN2O3S. The van der Waals surface area contributed by atoms with Gasteiger partial charge in [0.1, 0.15) is 0 Å². The van der Waals surface area contributed by atoms with E-state index in [1.165, 1.54) is 0 Å². The molecule has 1 aromatic heterocycles. The molecule has 124 valence electrons. The summed E-state index contributed by atoms with van der Waals surface area (Å²) in [5, 5.41) is 1.40. The van der Waals surface area contributed by atoms with E-state index in [4.69, 9.17) is 11.6 Å². The first-order valence-electron chi connectivity index (χ1n) is 7.26. The first kappa shape index (κ1) is 16.7. The third-order valence-electron chi connectivity index (χ3n) is 3.58. The average molecular weight is 363 g/mol. The van der Waals surface area contributed by atoms with Crippen LogP contribution in [0.2, 0.25) is 5.02 Å². The third-order valence-corrected chi connectivity index (χ3v) is 5.13. The number of fused-ring (bicyclic) bond motifs is 1. The number of aromatic nitrogens is 1. The van der Waals surface area contributed by atoms with Crippen LogP contribution < -0.4 is 10.3 Å². The molecule has 7 heteroatoms. The highest BCUT2D eigenvalue weighted by atomic mass is 35.5. The topological polar surface area (TPSA) is 79.0 Å². The van der Waals surface area contributed by atoms with Gasteiger partial charge in [-0.25, -0.2) is 13.1 Å². The van der Waals surface area contributed by atoms with Crippen LogP contribution in [0.3, 0.4) is 0 Å². The number of sulfonamides is 1. The molecule has 0 unspecified atom stereocenters. The summed E-state index contributed by atoms with van der Waals surface area (Å²) in [5.74, 6) is -0.171. The number of rotatable bonds is 5. The van der Waals surface area contributed by atoms with E-state index in [2.05, 4.69) is 9.71 Å². The summed E-state index contributed by atoms with van der Waals surface area (Å²) in [7, 11) is -3.56. The number of halogens is 1. The Labute approximate surface area is 144 Å². The molecule has 0 saturated heterocycles. The molecule has 0 aliphatic rings. The SMILES string of the molecule is O=c1[nH]c2ccccc2cc1CNS(=O)(=O)Cc1ccc(Cl)cc1. The minimum absolute atomic E-state index is 0.0594. The van der Waals surface area contributed by atoms with Gasteiger partial charge in [0.05, 0.1) is 5.75 Å². The highest BCUT2D eigenvalue weighted by molar-refractivity contribution is 7.88. The van der Waals surface area contributed by atoms with Gasteiger partial charge in [0.15, 0.2) is 0 Å². The van der Waals surface area contributed by atoms with E-state index >= 15 is 0 Å². The van der Waals surface area contributed by atoms with Crippen molar-refractivity contribution >= 4 is 32.5 Å². The average Bonchev–Trinajstić information content (AvgIpc) is 2.55. The summed E-state index contributed by atoms with van der Waals surface area (Å²) in [4.78, 5) is 14.8. The lowest BCUT2D eigenvalue weighted by Gasteiger charge is -2.07. The number of hydrogen-bond donors (Lipinski definition) is 2. The molecular weight excluding hydrogens is 348 g/mol. The Morgan fingerprint density at radius 1 is 1.04 bits per heavy atom. The normalized spacial score (nSPS) is 11.7. The zero-order chi connectivity index (χ0) is 17.2. The van der Waals surface area contributed by atoms with Crippen LogP contribution in [0.5, 0.6) is 0 Å². The summed E-state index contributed by atoms with van der Waals surface area (Å²) in [5.41, 5.74) is 1.41. The van der Waals surface area contributed by atoms with Crippen LogP contribution in [0.4, 0.5) is 0 Å². The largest absolute Gasteiger partial charge is 0.322 e. The molecule has 3 rings (SSSR count). The first-order valence-corrected chi connectivity index (χ1v) is 9.29. The van der Waals surface area contributed by atoms with Crippen LogP contribution in [0.25, 0.3) is 10.9 Å². The van der Waals surface area contributed by atoms with Crippen molar-refractivity contribution in [2.24, 2.45) is 0 Å². The standard InChI is InChI=1S/C17H15ClN2O3S/c18-15-7-5-12(6-8-15)11-24(22,23)19-10-14-9-13-3-1-2-4-16(13)20-17(14)21/h1-9,19H,10-11H2,(H,20,21). The second-order valence-corrected chi connectivity index (χ2v) is 7.66. The van der Waals surface area contributed by atoms with Gasteiger partial charge in [0.25, 0.3) is 5.56 Å². The maximum atomic E-state index is 12.2. The molecule has 0 aliphatic heterocycles. The molecule has 0 fully saturated rings. The molecule has 0 bridgehead atoms. The second-order valence-electron chi connectivity index (χ2n) is 5.42. The lowest BCUT2D eigenvalue weighted by Crippen LogP contribution is -2.28. The van der Waals surface area contributed by atoms with Crippen LogP contribution in [0.1, 0.15) is 11.1 Å². The third kappa shape index (κ3) is 4.03. The summed E-state index contributed by atoms with van der Waals surface area (Å²) < 4.78 is 26.8. The summed E-state index contributed by atoms with van der Waals surface area (Å²) in [6, 6.07) is 15.6. The number of aromatic amines is 1. The summed E-state index contributed by atoms with van der Waals surface area (Å²) in [6.07, 6.45) is 0. The number of benzene rings is 2. The molecule has 0 aliphatic carbocycles.